The second-order valence-electron chi connectivity index (χ2n) is 5.15. The summed E-state index contributed by atoms with van der Waals surface area (Å²) in [5.41, 5.74) is 3.99. The largest absolute Gasteiger partial charge is 0.369 e. The Labute approximate surface area is 125 Å². The highest BCUT2D eigenvalue weighted by Gasteiger charge is 2.13. The molecule has 3 aromatic rings. The van der Waals surface area contributed by atoms with Gasteiger partial charge in [0.15, 0.2) is 5.82 Å². The van der Waals surface area contributed by atoms with Gasteiger partial charge in [-0.05, 0) is 31.5 Å². The highest BCUT2D eigenvalue weighted by atomic mass is 15.0. The Morgan fingerprint density at radius 2 is 1.62 bits per heavy atom. The van der Waals surface area contributed by atoms with E-state index in [9.17, 15) is 0 Å². The van der Waals surface area contributed by atoms with E-state index in [0.717, 1.165) is 35.0 Å². The molecule has 3 rings (SSSR count). The molecule has 0 aliphatic rings. The van der Waals surface area contributed by atoms with Crippen molar-refractivity contribution in [3.05, 3.63) is 53.9 Å². The number of anilines is 1. The van der Waals surface area contributed by atoms with Gasteiger partial charge in [-0.1, -0.05) is 42.5 Å². The Kier molecular flexibility index (Phi) is 3.57. The van der Waals surface area contributed by atoms with Crippen LogP contribution in [-0.4, -0.2) is 16.5 Å². The van der Waals surface area contributed by atoms with Gasteiger partial charge in [0.05, 0.1) is 11.4 Å². The van der Waals surface area contributed by atoms with Crippen molar-refractivity contribution < 1.29 is 0 Å². The highest BCUT2D eigenvalue weighted by molar-refractivity contribution is 5.97. The van der Waals surface area contributed by atoms with Crippen LogP contribution in [0.2, 0.25) is 0 Å². The van der Waals surface area contributed by atoms with Crippen molar-refractivity contribution in [2.75, 3.05) is 11.9 Å². The first-order chi connectivity index (χ1) is 10.2. The molecule has 1 N–H and O–H groups in total. The van der Waals surface area contributed by atoms with Gasteiger partial charge in [-0.2, -0.15) is 0 Å². The number of nitrogens with one attached hydrogen (secondary N) is 1. The molecule has 0 saturated carbocycles. The SMILES string of the molecule is CCNc1nc(C)c(C)nc1-c1cccc2ccccc12. The van der Waals surface area contributed by atoms with Crippen molar-refractivity contribution in [3.63, 3.8) is 0 Å². The summed E-state index contributed by atoms with van der Waals surface area (Å²) >= 11 is 0. The number of hydrogen-bond donors (Lipinski definition) is 1. The number of benzene rings is 2. The molecule has 0 aliphatic carbocycles. The fourth-order valence-corrected chi connectivity index (χ4v) is 2.51. The Morgan fingerprint density at radius 3 is 2.43 bits per heavy atom. The van der Waals surface area contributed by atoms with Crippen LogP contribution in [0.15, 0.2) is 42.5 Å². The Balaban J connectivity index is 2.29. The van der Waals surface area contributed by atoms with E-state index < -0.39 is 0 Å². The lowest BCUT2D eigenvalue weighted by molar-refractivity contribution is 1.03. The number of nitrogens with zero attached hydrogens (tertiary/aromatic N) is 2. The van der Waals surface area contributed by atoms with Crippen LogP contribution in [0, 0.1) is 13.8 Å². The van der Waals surface area contributed by atoms with Crippen LogP contribution in [0.25, 0.3) is 22.0 Å². The van der Waals surface area contributed by atoms with Gasteiger partial charge in [-0.25, -0.2) is 9.97 Å². The van der Waals surface area contributed by atoms with Crippen molar-refractivity contribution in [1.29, 1.82) is 0 Å². The van der Waals surface area contributed by atoms with Crippen LogP contribution >= 0.6 is 0 Å². The Hall–Kier alpha value is -2.42. The topological polar surface area (TPSA) is 37.8 Å². The first-order valence-electron chi connectivity index (χ1n) is 7.28. The lowest BCUT2D eigenvalue weighted by Gasteiger charge is -2.13. The minimum Gasteiger partial charge on any atom is -0.369 e. The summed E-state index contributed by atoms with van der Waals surface area (Å²) in [6.07, 6.45) is 0. The Bertz CT molecular complexity index is 788. The van der Waals surface area contributed by atoms with Crippen LogP contribution in [0.3, 0.4) is 0 Å². The van der Waals surface area contributed by atoms with Crippen molar-refractivity contribution in [2.45, 2.75) is 20.8 Å². The van der Waals surface area contributed by atoms with Gasteiger partial charge in [0.25, 0.3) is 0 Å². The summed E-state index contributed by atoms with van der Waals surface area (Å²) < 4.78 is 0. The van der Waals surface area contributed by atoms with Gasteiger partial charge in [0, 0.05) is 12.1 Å². The molecule has 0 atom stereocenters. The normalized spacial score (nSPS) is 10.8. The highest BCUT2D eigenvalue weighted by Crippen LogP contribution is 2.31. The molecule has 0 amide bonds. The zero-order valence-corrected chi connectivity index (χ0v) is 12.6. The average Bonchev–Trinajstić information content (AvgIpc) is 2.50. The summed E-state index contributed by atoms with van der Waals surface area (Å²) in [4.78, 5) is 9.46. The smallest absolute Gasteiger partial charge is 0.152 e. The third-order valence-corrected chi connectivity index (χ3v) is 3.70. The molecule has 0 fully saturated rings. The zero-order valence-electron chi connectivity index (χ0n) is 12.6. The number of rotatable bonds is 3. The monoisotopic (exact) mass is 277 g/mol. The predicted octanol–water partition coefficient (Wildman–Crippen LogP) is 4.35. The van der Waals surface area contributed by atoms with Gasteiger partial charge in [-0.15, -0.1) is 0 Å². The van der Waals surface area contributed by atoms with E-state index in [4.69, 9.17) is 4.98 Å². The maximum Gasteiger partial charge on any atom is 0.152 e. The second kappa shape index (κ2) is 5.52. The molecule has 1 aromatic heterocycles. The third kappa shape index (κ3) is 2.47. The van der Waals surface area contributed by atoms with Gasteiger partial charge in [0.1, 0.15) is 5.69 Å². The van der Waals surface area contributed by atoms with E-state index in [0.29, 0.717) is 0 Å². The van der Waals surface area contributed by atoms with E-state index in [-0.39, 0.29) is 0 Å². The molecule has 0 aliphatic heterocycles. The average molecular weight is 277 g/mol. The fourth-order valence-electron chi connectivity index (χ4n) is 2.51. The van der Waals surface area contributed by atoms with Crippen LogP contribution in [0.4, 0.5) is 5.82 Å². The molecule has 0 unspecified atom stereocenters. The van der Waals surface area contributed by atoms with Crippen LogP contribution in [0.1, 0.15) is 18.3 Å². The molecule has 21 heavy (non-hydrogen) atoms. The molecule has 0 saturated heterocycles. The lowest BCUT2D eigenvalue weighted by Crippen LogP contribution is -2.06. The van der Waals surface area contributed by atoms with E-state index in [2.05, 4.69) is 59.7 Å². The lowest BCUT2D eigenvalue weighted by atomic mass is 10.0. The van der Waals surface area contributed by atoms with Gasteiger partial charge < -0.3 is 5.32 Å². The second-order valence-corrected chi connectivity index (χ2v) is 5.15. The van der Waals surface area contributed by atoms with E-state index in [1.54, 1.807) is 0 Å². The molecular weight excluding hydrogens is 258 g/mol. The number of hydrogen-bond acceptors (Lipinski definition) is 3. The maximum atomic E-state index is 4.79. The molecule has 3 heteroatoms. The molecular formula is C18H19N3. The summed E-state index contributed by atoms with van der Waals surface area (Å²) in [7, 11) is 0. The zero-order chi connectivity index (χ0) is 14.8. The van der Waals surface area contributed by atoms with Crippen molar-refractivity contribution in [2.24, 2.45) is 0 Å². The summed E-state index contributed by atoms with van der Waals surface area (Å²) in [6.45, 7) is 6.90. The van der Waals surface area contributed by atoms with E-state index >= 15 is 0 Å². The molecule has 2 aromatic carbocycles. The molecule has 0 spiro atoms. The maximum absolute atomic E-state index is 4.79. The van der Waals surface area contributed by atoms with Crippen LogP contribution in [0.5, 0.6) is 0 Å². The standard InChI is InChI=1S/C18H19N3/c1-4-19-18-17(20-12(2)13(3)21-18)16-11-7-9-14-8-5-6-10-15(14)16/h5-11H,4H2,1-3H3,(H,19,21). The van der Waals surface area contributed by atoms with Gasteiger partial charge >= 0.3 is 0 Å². The summed E-state index contributed by atoms with van der Waals surface area (Å²) in [5, 5.41) is 5.76. The Morgan fingerprint density at radius 1 is 0.905 bits per heavy atom. The van der Waals surface area contributed by atoms with Gasteiger partial charge in [0.2, 0.25) is 0 Å². The first kappa shape index (κ1) is 13.6. The molecule has 106 valence electrons. The quantitative estimate of drug-likeness (QED) is 0.773. The predicted molar refractivity (Wildman–Crippen MR) is 88.6 cm³/mol. The van der Waals surface area contributed by atoms with Crippen molar-refractivity contribution >= 4 is 16.6 Å². The summed E-state index contributed by atoms with van der Waals surface area (Å²) in [5.74, 6) is 0.858. The molecule has 0 radical (unpaired) electrons. The minimum atomic E-state index is 0.828. The molecule has 0 bridgehead atoms. The van der Waals surface area contributed by atoms with Gasteiger partial charge in [-0.3, -0.25) is 0 Å². The van der Waals surface area contributed by atoms with Crippen LogP contribution < -0.4 is 5.32 Å². The van der Waals surface area contributed by atoms with Crippen molar-refractivity contribution in [1.82, 2.24) is 9.97 Å². The minimum absolute atomic E-state index is 0.828. The number of fused-ring (bicyclic) bond motifs is 1. The molecule has 3 nitrogen and oxygen atoms in total. The number of aromatic nitrogens is 2. The number of aryl methyl sites for hydroxylation is 2. The molecule has 1 heterocycles. The first-order valence-corrected chi connectivity index (χ1v) is 7.28. The van der Waals surface area contributed by atoms with E-state index in [1.807, 2.05) is 13.8 Å². The fraction of sp³-hybridized carbons (Fsp3) is 0.222. The van der Waals surface area contributed by atoms with E-state index in [1.165, 1.54) is 10.8 Å². The summed E-state index contributed by atoms with van der Waals surface area (Å²) in [6, 6.07) is 14.7. The van der Waals surface area contributed by atoms with Crippen molar-refractivity contribution in [3.8, 4) is 11.3 Å². The van der Waals surface area contributed by atoms with Crippen LogP contribution in [-0.2, 0) is 0 Å². The third-order valence-electron chi connectivity index (χ3n) is 3.70.